The Bertz CT molecular complexity index is 954. The molecule has 156 valence electrons. The van der Waals surface area contributed by atoms with Gasteiger partial charge in [0.1, 0.15) is 17.1 Å². The molecule has 0 aromatic carbocycles. The van der Waals surface area contributed by atoms with E-state index in [1.165, 1.54) is 25.3 Å². The van der Waals surface area contributed by atoms with Crippen LogP contribution in [0.3, 0.4) is 0 Å². The summed E-state index contributed by atoms with van der Waals surface area (Å²) in [6.45, 7) is 1.90. The number of anilines is 1. The van der Waals surface area contributed by atoms with Crippen molar-refractivity contribution in [1.29, 1.82) is 0 Å². The smallest absolute Gasteiger partial charge is 0.289 e. The maximum absolute atomic E-state index is 13.9. The molecule has 0 radical (unpaired) electrons. The van der Waals surface area contributed by atoms with Crippen LogP contribution in [0.4, 0.5) is 23.2 Å². The Balaban J connectivity index is 1.92. The number of aromatic nitrogens is 3. The van der Waals surface area contributed by atoms with E-state index >= 15 is 0 Å². The molecule has 1 aliphatic carbocycles. The van der Waals surface area contributed by atoms with Crippen LogP contribution in [0.25, 0.3) is 0 Å². The van der Waals surface area contributed by atoms with Crippen LogP contribution >= 0.6 is 0 Å². The highest BCUT2D eigenvalue weighted by Gasteiger charge is 2.45. The second-order valence-electron chi connectivity index (χ2n) is 7.13. The summed E-state index contributed by atoms with van der Waals surface area (Å²) < 4.78 is 54.5. The lowest BCUT2D eigenvalue weighted by Gasteiger charge is -2.10. The van der Waals surface area contributed by atoms with Crippen LogP contribution in [-0.2, 0) is 12.5 Å². The molecule has 2 atom stereocenters. The lowest BCUT2D eigenvalue weighted by atomic mass is 10.1. The van der Waals surface area contributed by atoms with Gasteiger partial charge in [-0.05, 0) is 31.4 Å². The Morgan fingerprint density at radius 2 is 2.10 bits per heavy atom. The minimum atomic E-state index is -3.31. The van der Waals surface area contributed by atoms with E-state index in [0.717, 1.165) is 4.68 Å². The van der Waals surface area contributed by atoms with Gasteiger partial charge in [0, 0.05) is 36.8 Å². The molecule has 2 aromatic heterocycles. The first kappa shape index (κ1) is 20.7. The second kappa shape index (κ2) is 7.45. The molecule has 11 heteroatoms. The molecule has 3 N–H and O–H groups in total. The van der Waals surface area contributed by atoms with Gasteiger partial charge in [-0.1, -0.05) is 0 Å². The Hall–Kier alpha value is -2.98. The first-order valence-corrected chi connectivity index (χ1v) is 8.80. The van der Waals surface area contributed by atoms with E-state index in [1.54, 1.807) is 0 Å². The van der Waals surface area contributed by atoms with Crippen LogP contribution in [0, 0.1) is 18.8 Å². The van der Waals surface area contributed by atoms with E-state index in [4.69, 9.17) is 5.73 Å². The fourth-order valence-electron chi connectivity index (χ4n) is 3.23. The Morgan fingerprint density at radius 3 is 2.66 bits per heavy atom. The highest BCUT2D eigenvalue weighted by atomic mass is 19.3. The van der Waals surface area contributed by atoms with Crippen molar-refractivity contribution in [2.45, 2.75) is 39.2 Å². The van der Waals surface area contributed by atoms with Gasteiger partial charge in [-0.15, -0.1) is 0 Å². The molecule has 7 nitrogen and oxygen atoms in total. The number of hydrogen-bond acceptors (Lipinski definition) is 4. The van der Waals surface area contributed by atoms with Gasteiger partial charge in [0.2, 0.25) is 6.43 Å². The zero-order valence-corrected chi connectivity index (χ0v) is 15.6. The summed E-state index contributed by atoms with van der Waals surface area (Å²) >= 11 is 0. The molecule has 3 rings (SSSR count). The minimum absolute atomic E-state index is 0.0478. The summed E-state index contributed by atoms with van der Waals surface area (Å²) in [5.74, 6) is -6.16. The van der Waals surface area contributed by atoms with Gasteiger partial charge in [0.25, 0.3) is 17.7 Å². The van der Waals surface area contributed by atoms with Crippen molar-refractivity contribution >= 4 is 17.5 Å². The first-order chi connectivity index (χ1) is 13.5. The zero-order valence-electron chi connectivity index (χ0n) is 15.6. The molecule has 0 aliphatic heterocycles. The number of pyridine rings is 1. The number of nitrogens with one attached hydrogen (secondary N) is 1. The lowest BCUT2D eigenvalue weighted by molar-refractivity contribution is 0.0113. The average molecular weight is 413 g/mol. The van der Waals surface area contributed by atoms with Gasteiger partial charge in [0.05, 0.1) is 0 Å². The molecule has 0 spiro atoms. The van der Waals surface area contributed by atoms with Crippen molar-refractivity contribution < 1.29 is 27.2 Å². The van der Waals surface area contributed by atoms with Crippen LogP contribution in [-0.4, -0.2) is 33.0 Å². The van der Waals surface area contributed by atoms with Crippen LogP contribution in [0.15, 0.2) is 18.3 Å². The normalized spacial score (nSPS) is 18.7. The van der Waals surface area contributed by atoms with Gasteiger partial charge in [-0.3, -0.25) is 19.3 Å². The first-order valence-electron chi connectivity index (χ1n) is 8.80. The van der Waals surface area contributed by atoms with Crippen LogP contribution in [0.2, 0.25) is 0 Å². The number of rotatable bonds is 7. The molecule has 2 aromatic rings. The quantitative estimate of drug-likeness (QED) is 0.681. The van der Waals surface area contributed by atoms with Gasteiger partial charge >= 0.3 is 0 Å². The Labute approximate surface area is 163 Å². The standard InChI is InChI=1S/C18H19F4N5O2/c1-8-13(17(29)25-10-3-4-24-12(6-10)16(23)28)27(26-14(8)18(2,21)22)7-9-5-11(9)15(19)20/h3-4,6,9,11,15H,5,7H2,1-2H3,(H2,23,28)(H,24,25,29). The predicted octanol–water partition coefficient (Wildman–Crippen LogP) is 2.95. The maximum atomic E-state index is 13.9. The molecule has 2 unspecified atom stereocenters. The SMILES string of the molecule is Cc1c(C(C)(F)F)nn(CC2CC2C(F)F)c1C(=O)Nc1ccnc(C(N)=O)c1. The number of hydrogen-bond donors (Lipinski definition) is 2. The van der Waals surface area contributed by atoms with Gasteiger partial charge in [-0.25, -0.2) is 8.78 Å². The molecule has 2 amide bonds. The number of alkyl halides is 4. The second-order valence-corrected chi connectivity index (χ2v) is 7.13. The molecule has 29 heavy (non-hydrogen) atoms. The van der Waals surface area contributed by atoms with Crippen LogP contribution < -0.4 is 11.1 Å². The molecule has 1 saturated carbocycles. The molecule has 1 fully saturated rings. The monoisotopic (exact) mass is 413 g/mol. The number of carbonyl (C=O) groups is 2. The fraction of sp³-hybridized carbons (Fsp3) is 0.444. The van der Waals surface area contributed by atoms with E-state index in [9.17, 15) is 27.2 Å². The highest BCUT2D eigenvalue weighted by molar-refractivity contribution is 6.04. The summed E-state index contributed by atoms with van der Waals surface area (Å²) in [5, 5.41) is 6.32. The van der Waals surface area contributed by atoms with E-state index < -0.39 is 41.7 Å². The number of primary amides is 1. The van der Waals surface area contributed by atoms with Crippen molar-refractivity contribution in [3.63, 3.8) is 0 Å². The van der Waals surface area contributed by atoms with E-state index in [2.05, 4.69) is 15.4 Å². The van der Waals surface area contributed by atoms with E-state index in [0.29, 0.717) is 6.92 Å². The van der Waals surface area contributed by atoms with E-state index in [-0.39, 0.29) is 35.6 Å². The average Bonchev–Trinajstić information content (AvgIpc) is 3.29. The topological polar surface area (TPSA) is 103 Å². The number of carbonyl (C=O) groups excluding carboxylic acids is 2. The van der Waals surface area contributed by atoms with Gasteiger partial charge in [-0.2, -0.15) is 13.9 Å². The van der Waals surface area contributed by atoms with Crippen molar-refractivity contribution in [3.05, 3.63) is 41.0 Å². The summed E-state index contributed by atoms with van der Waals surface area (Å²) in [7, 11) is 0. The van der Waals surface area contributed by atoms with Gasteiger partial charge < -0.3 is 11.1 Å². The summed E-state index contributed by atoms with van der Waals surface area (Å²) in [6, 6.07) is 2.63. The third-order valence-electron chi connectivity index (χ3n) is 4.80. The molecular formula is C18H19F4N5O2. The molecule has 1 aliphatic rings. The predicted molar refractivity (Wildman–Crippen MR) is 94.8 cm³/mol. The minimum Gasteiger partial charge on any atom is -0.364 e. The van der Waals surface area contributed by atoms with Crippen molar-refractivity contribution in [1.82, 2.24) is 14.8 Å². The van der Waals surface area contributed by atoms with Crippen LogP contribution in [0.5, 0.6) is 0 Å². The summed E-state index contributed by atoms with van der Waals surface area (Å²) in [5.41, 5.74) is 4.44. The third kappa shape index (κ3) is 4.38. The number of nitrogens with zero attached hydrogens (tertiary/aromatic N) is 3. The largest absolute Gasteiger partial charge is 0.364 e. The third-order valence-corrected chi connectivity index (χ3v) is 4.80. The van der Waals surface area contributed by atoms with Crippen LogP contribution in [0.1, 0.15) is 45.6 Å². The summed E-state index contributed by atoms with van der Waals surface area (Å²) in [4.78, 5) is 27.8. The van der Waals surface area contributed by atoms with E-state index in [1.807, 2.05) is 0 Å². The van der Waals surface area contributed by atoms with Crippen molar-refractivity contribution in [3.8, 4) is 0 Å². The molecule has 0 saturated heterocycles. The number of nitrogens with two attached hydrogens (primary N) is 1. The lowest BCUT2D eigenvalue weighted by Crippen LogP contribution is -2.20. The Kier molecular flexibility index (Phi) is 5.33. The highest BCUT2D eigenvalue weighted by Crippen LogP contribution is 2.44. The number of amides is 2. The molecule has 2 heterocycles. The zero-order chi connectivity index (χ0) is 21.5. The van der Waals surface area contributed by atoms with Gasteiger partial charge in [0.15, 0.2) is 0 Å². The van der Waals surface area contributed by atoms with Crippen molar-refractivity contribution in [2.75, 3.05) is 5.32 Å². The maximum Gasteiger partial charge on any atom is 0.289 e. The number of halogens is 4. The fourth-order valence-corrected chi connectivity index (χ4v) is 3.23. The summed E-state index contributed by atoms with van der Waals surface area (Å²) in [6.07, 6.45) is -1.02. The Morgan fingerprint density at radius 1 is 1.41 bits per heavy atom. The molecular weight excluding hydrogens is 394 g/mol. The van der Waals surface area contributed by atoms with Crippen molar-refractivity contribution in [2.24, 2.45) is 17.6 Å². The molecule has 0 bridgehead atoms.